The van der Waals surface area contributed by atoms with Crippen molar-refractivity contribution in [1.82, 2.24) is 9.55 Å². The van der Waals surface area contributed by atoms with Crippen LogP contribution >= 0.6 is 0 Å². The lowest BCUT2D eigenvalue weighted by atomic mass is 10.3. The minimum atomic E-state index is -0.234. The number of anilines is 1. The zero-order valence-corrected chi connectivity index (χ0v) is 10.3. The Morgan fingerprint density at radius 2 is 2.22 bits per heavy atom. The summed E-state index contributed by atoms with van der Waals surface area (Å²) in [4.78, 5) is 17.5. The molecule has 0 bridgehead atoms. The summed E-state index contributed by atoms with van der Waals surface area (Å²) in [5.74, 6) is 0.742. The van der Waals surface area contributed by atoms with E-state index in [4.69, 9.17) is 4.74 Å². The van der Waals surface area contributed by atoms with E-state index in [1.807, 2.05) is 18.2 Å². The summed E-state index contributed by atoms with van der Waals surface area (Å²) >= 11 is 0. The van der Waals surface area contributed by atoms with Crippen molar-refractivity contribution in [3.63, 3.8) is 0 Å². The predicted octanol–water partition coefficient (Wildman–Crippen LogP) is 1.42. The third-order valence-corrected chi connectivity index (χ3v) is 3.18. The van der Waals surface area contributed by atoms with Gasteiger partial charge in [0.2, 0.25) is 5.95 Å². The second-order valence-electron chi connectivity index (χ2n) is 4.38. The van der Waals surface area contributed by atoms with E-state index in [2.05, 4.69) is 20.5 Å². The Kier molecular flexibility index (Phi) is 2.66. The molecule has 2 aromatic rings. The Hall–Kier alpha value is -2.04. The van der Waals surface area contributed by atoms with Crippen LogP contribution in [-0.2, 0) is 16.1 Å². The molecule has 1 aromatic heterocycles. The number of benzene rings is 1. The predicted molar refractivity (Wildman–Crippen MR) is 68.6 cm³/mol. The first-order valence-corrected chi connectivity index (χ1v) is 6.09. The van der Waals surface area contributed by atoms with Crippen molar-refractivity contribution in [1.29, 1.82) is 0 Å². The molecule has 0 atom stereocenters. The number of para-hydroxylation sites is 2. The summed E-state index contributed by atoms with van der Waals surface area (Å²) in [5, 5.41) is 0. The second-order valence-corrected chi connectivity index (χ2v) is 4.38. The largest absolute Gasteiger partial charge is 0.464 e. The maximum atomic E-state index is 10.7. The van der Waals surface area contributed by atoms with E-state index in [1.54, 1.807) is 0 Å². The first-order valence-electron chi connectivity index (χ1n) is 6.09. The van der Waals surface area contributed by atoms with Gasteiger partial charge in [-0.1, -0.05) is 12.1 Å². The molecule has 0 fully saturated rings. The SMILES string of the molecule is CC(=O)OCCN1CCn2c1nc1ccccc12. The van der Waals surface area contributed by atoms with Crippen LogP contribution in [0.5, 0.6) is 0 Å². The van der Waals surface area contributed by atoms with Crippen LogP contribution in [0.25, 0.3) is 11.0 Å². The van der Waals surface area contributed by atoms with Crippen LogP contribution in [0.2, 0.25) is 0 Å². The molecule has 0 unspecified atom stereocenters. The fourth-order valence-corrected chi connectivity index (χ4v) is 2.36. The molecule has 5 heteroatoms. The van der Waals surface area contributed by atoms with E-state index in [0.29, 0.717) is 13.2 Å². The maximum absolute atomic E-state index is 10.7. The molecule has 0 amide bonds. The van der Waals surface area contributed by atoms with Crippen molar-refractivity contribution in [2.24, 2.45) is 0 Å². The van der Waals surface area contributed by atoms with Crippen molar-refractivity contribution >= 4 is 23.0 Å². The molecule has 94 valence electrons. The van der Waals surface area contributed by atoms with E-state index in [9.17, 15) is 4.79 Å². The molecule has 0 aliphatic carbocycles. The minimum absolute atomic E-state index is 0.234. The number of nitrogens with zero attached hydrogens (tertiary/aromatic N) is 3. The summed E-state index contributed by atoms with van der Waals surface area (Å²) in [6.07, 6.45) is 0. The molecule has 0 N–H and O–H groups in total. The minimum Gasteiger partial charge on any atom is -0.464 e. The average molecular weight is 245 g/mol. The molecular weight excluding hydrogens is 230 g/mol. The van der Waals surface area contributed by atoms with Gasteiger partial charge in [-0.3, -0.25) is 4.79 Å². The highest BCUT2D eigenvalue weighted by Crippen LogP contribution is 2.26. The number of hydrogen-bond donors (Lipinski definition) is 0. The summed E-state index contributed by atoms with van der Waals surface area (Å²) in [6.45, 7) is 4.41. The first-order chi connectivity index (χ1) is 8.75. The fourth-order valence-electron chi connectivity index (χ4n) is 2.36. The van der Waals surface area contributed by atoms with Crippen LogP contribution in [0, 0.1) is 0 Å². The smallest absolute Gasteiger partial charge is 0.302 e. The number of carbonyl (C=O) groups is 1. The molecule has 0 spiro atoms. The van der Waals surface area contributed by atoms with E-state index in [0.717, 1.165) is 24.6 Å². The number of hydrogen-bond acceptors (Lipinski definition) is 4. The zero-order valence-electron chi connectivity index (χ0n) is 10.3. The Morgan fingerprint density at radius 3 is 3.06 bits per heavy atom. The Morgan fingerprint density at radius 1 is 1.39 bits per heavy atom. The number of aromatic nitrogens is 2. The summed E-state index contributed by atoms with van der Waals surface area (Å²) in [7, 11) is 0. The molecule has 1 aliphatic heterocycles. The summed E-state index contributed by atoms with van der Waals surface area (Å²) in [5.41, 5.74) is 2.19. The molecule has 0 saturated carbocycles. The Bertz CT molecular complexity index is 591. The van der Waals surface area contributed by atoms with Gasteiger partial charge in [0.05, 0.1) is 17.6 Å². The number of fused-ring (bicyclic) bond motifs is 3. The maximum Gasteiger partial charge on any atom is 0.302 e. The van der Waals surface area contributed by atoms with E-state index in [1.165, 1.54) is 12.4 Å². The van der Waals surface area contributed by atoms with Gasteiger partial charge in [0, 0.05) is 20.0 Å². The highest BCUT2D eigenvalue weighted by atomic mass is 16.5. The standard InChI is InChI=1S/C13H15N3O2/c1-10(17)18-9-8-15-6-7-16-12-5-3-2-4-11(12)14-13(15)16/h2-5H,6-9H2,1H3. The van der Waals surface area contributed by atoms with E-state index in [-0.39, 0.29) is 5.97 Å². The monoisotopic (exact) mass is 245 g/mol. The number of carbonyl (C=O) groups excluding carboxylic acids is 1. The number of rotatable bonds is 3. The summed E-state index contributed by atoms with van der Waals surface area (Å²) in [6, 6.07) is 8.12. The quantitative estimate of drug-likeness (QED) is 0.767. The number of imidazole rings is 1. The lowest BCUT2D eigenvalue weighted by Crippen LogP contribution is -2.26. The average Bonchev–Trinajstić information content (AvgIpc) is 2.88. The lowest BCUT2D eigenvalue weighted by molar-refractivity contribution is -0.140. The third kappa shape index (κ3) is 1.81. The third-order valence-electron chi connectivity index (χ3n) is 3.18. The van der Waals surface area contributed by atoms with Crippen LogP contribution < -0.4 is 4.90 Å². The van der Waals surface area contributed by atoms with Crippen LogP contribution in [0.1, 0.15) is 6.92 Å². The molecule has 0 radical (unpaired) electrons. The lowest BCUT2D eigenvalue weighted by Gasteiger charge is -2.15. The van der Waals surface area contributed by atoms with Crippen molar-refractivity contribution in [3.8, 4) is 0 Å². The molecule has 1 aromatic carbocycles. The molecular formula is C13H15N3O2. The van der Waals surface area contributed by atoms with Gasteiger partial charge in [0.25, 0.3) is 0 Å². The van der Waals surface area contributed by atoms with Crippen molar-refractivity contribution < 1.29 is 9.53 Å². The van der Waals surface area contributed by atoms with Gasteiger partial charge in [-0.15, -0.1) is 0 Å². The second kappa shape index (κ2) is 4.33. The van der Waals surface area contributed by atoms with Gasteiger partial charge in [-0.2, -0.15) is 0 Å². The number of esters is 1. The van der Waals surface area contributed by atoms with Crippen molar-refractivity contribution in [3.05, 3.63) is 24.3 Å². The van der Waals surface area contributed by atoms with E-state index >= 15 is 0 Å². The topological polar surface area (TPSA) is 47.4 Å². The van der Waals surface area contributed by atoms with Gasteiger partial charge >= 0.3 is 5.97 Å². The van der Waals surface area contributed by atoms with Gasteiger partial charge < -0.3 is 14.2 Å². The zero-order chi connectivity index (χ0) is 12.5. The van der Waals surface area contributed by atoms with E-state index < -0.39 is 0 Å². The molecule has 3 rings (SSSR count). The van der Waals surface area contributed by atoms with Gasteiger partial charge in [0.15, 0.2) is 0 Å². The molecule has 2 heterocycles. The highest BCUT2D eigenvalue weighted by molar-refractivity contribution is 5.79. The van der Waals surface area contributed by atoms with Crippen LogP contribution in [0.15, 0.2) is 24.3 Å². The Labute approximate surface area is 105 Å². The molecule has 5 nitrogen and oxygen atoms in total. The normalized spacial score (nSPS) is 13.9. The van der Waals surface area contributed by atoms with Crippen LogP contribution in [0.3, 0.4) is 0 Å². The summed E-state index contributed by atoms with van der Waals surface area (Å²) < 4.78 is 7.19. The van der Waals surface area contributed by atoms with Gasteiger partial charge in [0.1, 0.15) is 6.61 Å². The van der Waals surface area contributed by atoms with Gasteiger partial charge in [-0.05, 0) is 12.1 Å². The first kappa shape index (κ1) is 11.1. The van der Waals surface area contributed by atoms with Gasteiger partial charge in [-0.25, -0.2) is 4.98 Å². The Balaban J connectivity index is 1.81. The van der Waals surface area contributed by atoms with Crippen molar-refractivity contribution in [2.45, 2.75) is 13.5 Å². The highest BCUT2D eigenvalue weighted by Gasteiger charge is 2.22. The number of ether oxygens (including phenoxy) is 1. The van der Waals surface area contributed by atoms with Crippen molar-refractivity contribution in [2.75, 3.05) is 24.6 Å². The van der Waals surface area contributed by atoms with Crippen LogP contribution in [0.4, 0.5) is 5.95 Å². The molecule has 18 heavy (non-hydrogen) atoms. The van der Waals surface area contributed by atoms with Crippen LogP contribution in [-0.4, -0.2) is 35.2 Å². The molecule has 0 saturated heterocycles. The molecule has 1 aliphatic rings. The fraction of sp³-hybridized carbons (Fsp3) is 0.385.